The number of halogens is 1. The molecule has 0 bridgehead atoms. The van der Waals surface area contributed by atoms with E-state index in [4.69, 9.17) is 9.47 Å². The average Bonchev–Trinajstić information content (AvgIpc) is 2.83. The smallest absolute Gasteiger partial charge is 0.258 e. The fraction of sp³-hybridized carbons (Fsp3) is 0.423. The molecule has 0 spiro atoms. The van der Waals surface area contributed by atoms with Crippen LogP contribution in [0.2, 0.25) is 0 Å². The molecule has 8 nitrogen and oxygen atoms in total. The van der Waals surface area contributed by atoms with E-state index < -0.39 is 11.7 Å². The van der Waals surface area contributed by atoms with Gasteiger partial charge in [-0.25, -0.2) is 4.39 Å². The molecule has 2 aromatic carbocycles. The Morgan fingerprint density at radius 3 is 2.51 bits per heavy atom. The molecule has 0 radical (unpaired) electrons. The van der Waals surface area contributed by atoms with Gasteiger partial charge in [-0.1, -0.05) is 19.1 Å². The number of hydrogen-bond donors (Lipinski definition) is 1. The maximum absolute atomic E-state index is 14.0. The molecule has 0 unspecified atom stereocenters. The Morgan fingerprint density at radius 2 is 1.86 bits per heavy atom. The van der Waals surface area contributed by atoms with Gasteiger partial charge in [0, 0.05) is 51.8 Å². The van der Waals surface area contributed by atoms with Crippen molar-refractivity contribution >= 4 is 23.4 Å². The first-order valence-corrected chi connectivity index (χ1v) is 11.5. The van der Waals surface area contributed by atoms with Crippen molar-refractivity contribution < 1.29 is 28.2 Å². The number of fused-ring (bicyclic) bond motifs is 1. The summed E-state index contributed by atoms with van der Waals surface area (Å²) in [6, 6.07) is 10.1. The molecular formula is C26H32FN3O5. The van der Waals surface area contributed by atoms with E-state index in [0.29, 0.717) is 24.3 Å². The molecule has 1 aliphatic rings. The number of ether oxygens (including phenoxy) is 2. The van der Waals surface area contributed by atoms with Crippen molar-refractivity contribution in [1.82, 2.24) is 9.80 Å². The summed E-state index contributed by atoms with van der Waals surface area (Å²) >= 11 is 0. The molecule has 2 aromatic rings. The molecule has 0 fully saturated rings. The zero-order valence-electron chi connectivity index (χ0n) is 20.7. The Bertz CT molecular complexity index is 1090. The van der Waals surface area contributed by atoms with Crippen LogP contribution in [0.3, 0.4) is 0 Å². The highest BCUT2D eigenvalue weighted by atomic mass is 19.1. The zero-order chi connectivity index (χ0) is 25.7. The fourth-order valence-electron chi connectivity index (χ4n) is 4.13. The number of nitrogens with one attached hydrogen (secondary N) is 1. The summed E-state index contributed by atoms with van der Waals surface area (Å²) in [6.07, 6.45) is -0.277. The van der Waals surface area contributed by atoms with Crippen molar-refractivity contribution in [2.75, 3.05) is 39.2 Å². The summed E-state index contributed by atoms with van der Waals surface area (Å²) in [5, 5.41) is 2.65. The van der Waals surface area contributed by atoms with Crippen LogP contribution in [0.25, 0.3) is 0 Å². The number of amides is 3. The normalized spacial score (nSPS) is 21.3. The van der Waals surface area contributed by atoms with Gasteiger partial charge in [0.2, 0.25) is 5.91 Å². The van der Waals surface area contributed by atoms with Gasteiger partial charge in [0.25, 0.3) is 11.8 Å². The molecule has 1 heterocycles. The first kappa shape index (κ1) is 26.2. The second-order valence-electron chi connectivity index (χ2n) is 8.91. The Morgan fingerprint density at radius 1 is 1.14 bits per heavy atom. The molecule has 3 amide bonds. The van der Waals surface area contributed by atoms with Crippen LogP contribution in [-0.2, 0) is 9.53 Å². The van der Waals surface area contributed by atoms with Crippen LogP contribution >= 0.6 is 0 Å². The first-order chi connectivity index (χ1) is 16.6. The Kier molecular flexibility index (Phi) is 8.45. The third kappa shape index (κ3) is 6.16. The monoisotopic (exact) mass is 485 g/mol. The third-order valence-electron chi connectivity index (χ3n) is 6.23. The molecule has 188 valence electrons. The lowest BCUT2D eigenvalue weighted by Crippen LogP contribution is -2.48. The summed E-state index contributed by atoms with van der Waals surface area (Å²) in [4.78, 5) is 41.5. The van der Waals surface area contributed by atoms with Gasteiger partial charge in [0.1, 0.15) is 18.2 Å². The summed E-state index contributed by atoms with van der Waals surface area (Å²) in [5.41, 5.74) is 0.558. The second kappa shape index (κ2) is 11.3. The highest BCUT2D eigenvalue weighted by molar-refractivity contribution is 6.05. The Hall–Kier alpha value is -3.46. The standard InChI is InChI=1S/C26H32FN3O5/c1-16-13-30(18(3)31)17(2)15-35-23-12-19(28-25(32)20-8-6-7-9-22(20)27)10-11-21(23)26(33)29(4)14-24(16)34-5/h6-12,16-17,24H,13-15H2,1-5H3,(H,28,32)/t16-,17-,24-/m0/s1. The van der Waals surface area contributed by atoms with Gasteiger partial charge < -0.3 is 24.6 Å². The van der Waals surface area contributed by atoms with Crippen molar-refractivity contribution in [1.29, 1.82) is 0 Å². The Balaban J connectivity index is 1.95. The largest absolute Gasteiger partial charge is 0.491 e. The van der Waals surface area contributed by atoms with Crippen molar-refractivity contribution in [2.24, 2.45) is 5.92 Å². The van der Waals surface area contributed by atoms with Gasteiger partial charge in [0.15, 0.2) is 0 Å². The number of rotatable bonds is 3. The predicted molar refractivity (Wildman–Crippen MR) is 130 cm³/mol. The molecule has 9 heteroatoms. The number of nitrogens with zero attached hydrogens (tertiary/aromatic N) is 2. The Labute approximate surface area is 205 Å². The molecule has 35 heavy (non-hydrogen) atoms. The van der Waals surface area contributed by atoms with Gasteiger partial charge in [0.05, 0.1) is 23.3 Å². The summed E-state index contributed by atoms with van der Waals surface area (Å²) in [6.45, 7) is 6.28. The molecule has 1 N–H and O–H groups in total. The van der Waals surface area contributed by atoms with E-state index in [-0.39, 0.29) is 47.8 Å². The molecule has 1 aliphatic heterocycles. The minimum Gasteiger partial charge on any atom is -0.491 e. The second-order valence-corrected chi connectivity index (χ2v) is 8.91. The van der Waals surface area contributed by atoms with Crippen molar-refractivity contribution in [3.63, 3.8) is 0 Å². The molecule has 0 aromatic heterocycles. The van der Waals surface area contributed by atoms with Crippen LogP contribution in [0.5, 0.6) is 5.75 Å². The highest BCUT2D eigenvalue weighted by Crippen LogP contribution is 2.27. The van der Waals surface area contributed by atoms with E-state index in [0.717, 1.165) is 0 Å². The number of carbonyl (C=O) groups excluding carboxylic acids is 3. The van der Waals surface area contributed by atoms with E-state index in [1.54, 1.807) is 42.2 Å². The molecule has 0 aliphatic carbocycles. The van der Waals surface area contributed by atoms with Crippen LogP contribution in [0, 0.1) is 11.7 Å². The molecular weight excluding hydrogens is 453 g/mol. The predicted octanol–water partition coefficient (Wildman–Crippen LogP) is 3.43. The van der Waals surface area contributed by atoms with E-state index in [9.17, 15) is 18.8 Å². The maximum Gasteiger partial charge on any atom is 0.258 e. The number of anilines is 1. The van der Waals surface area contributed by atoms with E-state index in [1.807, 2.05) is 13.8 Å². The van der Waals surface area contributed by atoms with Crippen LogP contribution in [0.1, 0.15) is 41.5 Å². The molecule has 3 rings (SSSR count). The number of hydrogen-bond acceptors (Lipinski definition) is 5. The van der Waals surface area contributed by atoms with Crippen LogP contribution < -0.4 is 10.1 Å². The maximum atomic E-state index is 14.0. The number of likely N-dealkylation sites (N-methyl/N-ethyl adjacent to an activating group) is 1. The molecule has 3 atom stereocenters. The number of carbonyl (C=O) groups is 3. The summed E-state index contributed by atoms with van der Waals surface area (Å²) in [7, 11) is 3.27. The minimum absolute atomic E-state index is 0.0172. The van der Waals surface area contributed by atoms with E-state index in [2.05, 4.69) is 5.32 Å². The quantitative estimate of drug-likeness (QED) is 0.720. The molecule has 0 saturated heterocycles. The molecule has 0 saturated carbocycles. The van der Waals surface area contributed by atoms with Gasteiger partial charge in [-0.05, 0) is 31.2 Å². The first-order valence-electron chi connectivity index (χ1n) is 11.5. The minimum atomic E-state index is -0.635. The zero-order valence-corrected chi connectivity index (χ0v) is 20.7. The van der Waals surface area contributed by atoms with Gasteiger partial charge in [-0.2, -0.15) is 0 Å². The summed E-state index contributed by atoms with van der Waals surface area (Å²) < 4.78 is 25.7. The van der Waals surface area contributed by atoms with Crippen LogP contribution in [0.4, 0.5) is 10.1 Å². The lowest BCUT2D eigenvalue weighted by atomic mass is 10.0. The van der Waals surface area contributed by atoms with Gasteiger partial charge >= 0.3 is 0 Å². The van der Waals surface area contributed by atoms with Crippen LogP contribution in [-0.4, -0.2) is 73.5 Å². The third-order valence-corrected chi connectivity index (χ3v) is 6.23. The topological polar surface area (TPSA) is 88.2 Å². The number of benzene rings is 2. The van der Waals surface area contributed by atoms with Crippen molar-refractivity contribution in [3.05, 3.63) is 59.4 Å². The lowest BCUT2D eigenvalue weighted by molar-refractivity contribution is -0.133. The van der Waals surface area contributed by atoms with Gasteiger partial charge in [-0.15, -0.1) is 0 Å². The van der Waals surface area contributed by atoms with Crippen molar-refractivity contribution in [3.8, 4) is 5.75 Å². The lowest BCUT2D eigenvalue weighted by Gasteiger charge is -2.35. The van der Waals surface area contributed by atoms with Crippen molar-refractivity contribution in [2.45, 2.75) is 32.9 Å². The number of methoxy groups -OCH3 is 1. The highest BCUT2D eigenvalue weighted by Gasteiger charge is 2.29. The summed E-state index contributed by atoms with van der Waals surface area (Å²) in [5.74, 6) is -1.37. The van der Waals surface area contributed by atoms with Gasteiger partial charge in [-0.3, -0.25) is 14.4 Å². The SMILES string of the molecule is CO[C@H]1CN(C)C(=O)c2ccc(NC(=O)c3ccccc3F)cc2OC[C@H](C)N(C(C)=O)C[C@@H]1C. The van der Waals surface area contributed by atoms with Crippen LogP contribution in [0.15, 0.2) is 42.5 Å². The van der Waals surface area contributed by atoms with E-state index in [1.165, 1.54) is 31.2 Å². The van der Waals surface area contributed by atoms with E-state index >= 15 is 0 Å². The fourth-order valence-corrected chi connectivity index (χ4v) is 4.13. The average molecular weight is 486 g/mol.